The predicted molar refractivity (Wildman–Crippen MR) is 142 cm³/mol. The third kappa shape index (κ3) is 6.24. The van der Waals surface area contributed by atoms with E-state index >= 15 is 0 Å². The molecule has 1 aromatic heterocycles. The van der Waals surface area contributed by atoms with Gasteiger partial charge in [-0.2, -0.15) is 13.2 Å². The van der Waals surface area contributed by atoms with E-state index in [9.17, 15) is 22.8 Å². The molecule has 2 N–H and O–H groups in total. The number of hydrogen-bond acceptors (Lipinski definition) is 4. The average Bonchev–Trinajstić information content (AvgIpc) is 2.87. The van der Waals surface area contributed by atoms with E-state index in [0.29, 0.717) is 35.0 Å². The van der Waals surface area contributed by atoms with Crippen molar-refractivity contribution >= 4 is 29.1 Å². The normalized spacial score (nSPS) is 15.8. The smallest absolute Gasteiger partial charge is 0.372 e. The highest BCUT2D eigenvalue weighted by atomic mass is 19.4. The molecule has 1 atom stereocenters. The number of aromatic nitrogens is 1. The molecule has 200 valence electrons. The molecule has 7 nitrogen and oxygen atoms in total. The largest absolute Gasteiger partial charge is 0.416 e. The van der Waals surface area contributed by atoms with Gasteiger partial charge in [0.15, 0.2) is 5.82 Å². The molecule has 0 saturated heterocycles. The zero-order valence-electron chi connectivity index (χ0n) is 21.5. The summed E-state index contributed by atoms with van der Waals surface area (Å²) < 4.78 is 40.0. The van der Waals surface area contributed by atoms with E-state index in [4.69, 9.17) is 4.98 Å². The van der Waals surface area contributed by atoms with Crippen LogP contribution in [-0.2, 0) is 17.5 Å². The fourth-order valence-corrected chi connectivity index (χ4v) is 4.43. The Kier molecular flexibility index (Phi) is 7.89. The highest BCUT2D eigenvalue weighted by Gasteiger charge is 2.32. The quantitative estimate of drug-likeness (QED) is 0.434. The highest BCUT2D eigenvalue weighted by Crippen LogP contribution is 2.36. The second kappa shape index (κ2) is 11.1. The lowest BCUT2D eigenvalue weighted by atomic mass is 10.1. The standard InChI is InChI=1S/C28H30F3N5O2/c1-18-6-5-15-35(3)25-14-13-24(21-7-4-8-22(16-21)28(29,30)31)34-26(25)36(18)27(38)33-23-11-9-20(10-12-23)17-32-19(2)37/h4,7-14,16,18H,5-6,15,17H2,1-3H3,(H,32,37)(H,33,38)/t18-/m1/s1. The molecule has 2 heterocycles. The number of alkyl halides is 3. The van der Waals surface area contributed by atoms with E-state index < -0.39 is 17.8 Å². The maximum Gasteiger partial charge on any atom is 0.416 e. The van der Waals surface area contributed by atoms with Crippen molar-refractivity contribution in [1.82, 2.24) is 10.3 Å². The zero-order valence-corrected chi connectivity index (χ0v) is 21.5. The monoisotopic (exact) mass is 525 g/mol. The number of pyridine rings is 1. The Morgan fingerprint density at radius 2 is 1.82 bits per heavy atom. The van der Waals surface area contributed by atoms with Crippen LogP contribution >= 0.6 is 0 Å². The minimum Gasteiger partial charge on any atom is -0.372 e. The van der Waals surface area contributed by atoms with Crippen LogP contribution in [0.25, 0.3) is 11.3 Å². The molecule has 0 radical (unpaired) electrons. The Labute approximate surface area is 219 Å². The van der Waals surface area contributed by atoms with Gasteiger partial charge in [-0.25, -0.2) is 9.78 Å². The number of urea groups is 1. The van der Waals surface area contributed by atoms with Crippen LogP contribution < -0.4 is 20.4 Å². The molecule has 10 heteroatoms. The summed E-state index contributed by atoms with van der Waals surface area (Å²) in [7, 11) is 1.91. The number of hydrogen-bond donors (Lipinski definition) is 2. The molecule has 0 unspecified atom stereocenters. The number of rotatable bonds is 4. The van der Waals surface area contributed by atoms with E-state index in [1.807, 2.05) is 31.0 Å². The van der Waals surface area contributed by atoms with E-state index in [1.165, 1.54) is 13.0 Å². The van der Waals surface area contributed by atoms with Crippen LogP contribution in [0.1, 0.15) is 37.8 Å². The third-order valence-electron chi connectivity index (χ3n) is 6.50. The van der Waals surface area contributed by atoms with Crippen molar-refractivity contribution in [3.8, 4) is 11.3 Å². The molecule has 0 aliphatic carbocycles. The molecule has 38 heavy (non-hydrogen) atoms. The Balaban J connectivity index is 1.68. The van der Waals surface area contributed by atoms with Crippen LogP contribution in [0.2, 0.25) is 0 Å². The van der Waals surface area contributed by atoms with Gasteiger partial charge in [0.25, 0.3) is 0 Å². The van der Waals surface area contributed by atoms with E-state index in [2.05, 4.69) is 10.6 Å². The number of fused-ring (bicyclic) bond motifs is 1. The number of amides is 3. The first-order valence-electron chi connectivity index (χ1n) is 12.4. The molecular weight excluding hydrogens is 495 g/mol. The van der Waals surface area contributed by atoms with Crippen LogP contribution in [0.5, 0.6) is 0 Å². The summed E-state index contributed by atoms with van der Waals surface area (Å²) in [5.74, 6) is 0.253. The Hall–Kier alpha value is -4.08. The van der Waals surface area contributed by atoms with Crippen molar-refractivity contribution in [2.45, 2.75) is 45.5 Å². The van der Waals surface area contributed by atoms with Gasteiger partial charge in [-0.15, -0.1) is 0 Å². The van der Waals surface area contributed by atoms with Crippen LogP contribution in [0.15, 0.2) is 60.7 Å². The van der Waals surface area contributed by atoms with E-state index in [1.54, 1.807) is 35.2 Å². The van der Waals surface area contributed by atoms with Crippen molar-refractivity contribution in [2.24, 2.45) is 0 Å². The number of nitrogens with one attached hydrogen (secondary N) is 2. The fraction of sp³-hybridized carbons (Fsp3) is 0.321. The molecule has 1 aliphatic heterocycles. The number of halogens is 3. The molecule has 1 aliphatic rings. The maximum atomic E-state index is 13.6. The van der Waals surface area contributed by atoms with Crippen molar-refractivity contribution in [3.63, 3.8) is 0 Å². The van der Waals surface area contributed by atoms with E-state index in [0.717, 1.165) is 37.1 Å². The van der Waals surface area contributed by atoms with Crippen molar-refractivity contribution in [3.05, 3.63) is 71.8 Å². The lowest BCUT2D eigenvalue weighted by Crippen LogP contribution is -2.44. The number of benzene rings is 2. The maximum absolute atomic E-state index is 13.6. The molecule has 0 spiro atoms. The van der Waals surface area contributed by atoms with Gasteiger partial charge >= 0.3 is 12.2 Å². The molecule has 3 aromatic rings. The second-order valence-electron chi connectivity index (χ2n) is 9.44. The number of carbonyl (C=O) groups is 2. The lowest BCUT2D eigenvalue weighted by molar-refractivity contribution is -0.137. The lowest BCUT2D eigenvalue weighted by Gasteiger charge is -2.35. The van der Waals surface area contributed by atoms with Crippen molar-refractivity contribution in [1.29, 1.82) is 0 Å². The Morgan fingerprint density at radius 3 is 2.50 bits per heavy atom. The molecule has 0 saturated carbocycles. The first kappa shape index (κ1) is 27.0. The van der Waals surface area contributed by atoms with Crippen LogP contribution in [-0.4, -0.2) is 36.6 Å². The molecule has 0 fully saturated rings. The number of carbonyl (C=O) groups excluding carboxylic acids is 2. The van der Waals surface area contributed by atoms with Gasteiger partial charge in [0.2, 0.25) is 5.91 Å². The van der Waals surface area contributed by atoms with Gasteiger partial charge < -0.3 is 15.5 Å². The van der Waals surface area contributed by atoms with Gasteiger partial charge in [0.1, 0.15) is 0 Å². The second-order valence-corrected chi connectivity index (χ2v) is 9.44. The molecule has 0 bridgehead atoms. The number of nitrogens with zero attached hydrogens (tertiary/aromatic N) is 3. The van der Waals surface area contributed by atoms with Gasteiger partial charge in [0, 0.05) is 44.4 Å². The third-order valence-corrected chi connectivity index (χ3v) is 6.50. The fourth-order valence-electron chi connectivity index (χ4n) is 4.43. The minimum atomic E-state index is -4.47. The Bertz CT molecular complexity index is 1310. The highest BCUT2D eigenvalue weighted by molar-refractivity contribution is 6.03. The topological polar surface area (TPSA) is 77.6 Å². The minimum absolute atomic E-state index is 0.130. The summed E-state index contributed by atoms with van der Waals surface area (Å²) >= 11 is 0. The summed E-state index contributed by atoms with van der Waals surface area (Å²) in [6.45, 7) is 4.52. The van der Waals surface area contributed by atoms with Crippen molar-refractivity contribution in [2.75, 3.05) is 28.7 Å². The summed E-state index contributed by atoms with van der Waals surface area (Å²) in [6.07, 6.45) is -2.89. The summed E-state index contributed by atoms with van der Waals surface area (Å²) in [4.78, 5) is 33.1. The van der Waals surface area contributed by atoms with E-state index in [-0.39, 0.29) is 11.9 Å². The molecule has 4 rings (SSSR count). The Morgan fingerprint density at radius 1 is 1.08 bits per heavy atom. The zero-order chi connectivity index (χ0) is 27.4. The predicted octanol–water partition coefficient (Wildman–Crippen LogP) is 6.06. The molecular formula is C28H30F3N5O2. The van der Waals surface area contributed by atoms with Gasteiger partial charge in [-0.05, 0) is 61.7 Å². The first-order chi connectivity index (χ1) is 18.0. The van der Waals surface area contributed by atoms with Gasteiger partial charge in [-0.3, -0.25) is 9.69 Å². The van der Waals surface area contributed by atoms with Crippen LogP contribution in [0.4, 0.5) is 35.2 Å². The average molecular weight is 526 g/mol. The SMILES string of the molecule is CC(=O)NCc1ccc(NC(=O)N2c3nc(-c4cccc(C(F)(F)F)c4)ccc3N(C)CCC[C@H]2C)cc1. The first-order valence-corrected chi connectivity index (χ1v) is 12.4. The molecule has 2 aromatic carbocycles. The summed E-state index contributed by atoms with van der Waals surface area (Å²) in [5, 5.41) is 5.65. The molecule has 3 amide bonds. The van der Waals surface area contributed by atoms with Gasteiger partial charge in [-0.1, -0.05) is 24.3 Å². The number of anilines is 3. The van der Waals surface area contributed by atoms with Crippen molar-refractivity contribution < 1.29 is 22.8 Å². The van der Waals surface area contributed by atoms with Crippen LogP contribution in [0.3, 0.4) is 0 Å². The summed E-state index contributed by atoms with van der Waals surface area (Å²) in [5.41, 5.74) is 2.07. The summed E-state index contributed by atoms with van der Waals surface area (Å²) in [6, 6.07) is 15.0. The van der Waals surface area contributed by atoms with Crippen LogP contribution in [0, 0.1) is 0 Å². The van der Waals surface area contributed by atoms with Gasteiger partial charge in [0.05, 0.1) is 16.9 Å².